The molecule has 1 atom stereocenters. The quantitative estimate of drug-likeness (QED) is 0.188. The number of likely N-dealkylation sites (tertiary alicyclic amines) is 2. The first-order chi connectivity index (χ1) is 21.3. The number of carbonyl (C=O) groups excluding carboxylic acids is 1. The van der Waals surface area contributed by atoms with Crippen molar-refractivity contribution in [2.45, 2.75) is 49.5 Å². The van der Waals surface area contributed by atoms with Gasteiger partial charge in [-0.25, -0.2) is 13.8 Å². The molecule has 1 unspecified atom stereocenters. The van der Waals surface area contributed by atoms with Gasteiger partial charge in [0.25, 0.3) is 0 Å². The Morgan fingerprint density at radius 2 is 1.53 bits per heavy atom. The molecular formula is C36H44Cl2F2N4O2S. The van der Waals surface area contributed by atoms with E-state index in [1.807, 2.05) is 49.3 Å². The van der Waals surface area contributed by atoms with E-state index in [0.717, 1.165) is 60.8 Å². The maximum Gasteiger partial charge on any atom is 0.222 e. The molecule has 2 fully saturated rings. The molecule has 1 amide bonds. The summed E-state index contributed by atoms with van der Waals surface area (Å²) in [7, 11) is 4.06. The maximum atomic E-state index is 14.6. The maximum absolute atomic E-state index is 14.6. The minimum absolute atomic E-state index is 0. The number of hydrogen-bond acceptors (Lipinski definition) is 5. The summed E-state index contributed by atoms with van der Waals surface area (Å²) >= 11 is 1.69. The molecule has 2 saturated heterocycles. The van der Waals surface area contributed by atoms with Gasteiger partial charge in [-0.1, -0.05) is 66.7 Å². The molecule has 6 nitrogen and oxygen atoms in total. The summed E-state index contributed by atoms with van der Waals surface area (Å²) in [5.74, 6) is -1.57. The molecule has 0 saturated carbocycles. The van der Waals surface area contributed by atoms with Crippen LogP contribution in [-0.4, -0.2) is 66.4 Å². The lowest BCUT2D eigenvalue weighted by Gasteiger charge is -2.46. The molecule has 2 aliphatic rings. The van der Waals surface area contributed by atoms with E-state index in [0.29, 0.717) is 25.9 Å². The van der Waals surface area contributed by atoms with Crippen LogP contribution in [0.2, 0.25) is 0 Å². The second kappa shape index (κ2) is 16.3. The Kier molecular flexibility index (Phi) is 13.3. The van der Waals surface area contributed by atoms with E-state index in [1.165, 1.54) is 17.7 Å². The lowest BCUT2D eigenvalue weighted by molar-refractivity contribution is -0.136. The van der Waals surface area contributed by atoms with E-state index in [2.05, 4.69) is 45.5 Å². The number of benzene rings is 3. The monoisotopic (exact) mass is 704 g/mol. The van der Waals surface area contributed by atoms with Crippen LogP contribution < -0.4 is 4.90 Å². The third-order valence-corrected chi connectivity index (χ3v) is 10.7. The molecule has 47 heavy (non-hydrogen) atoms. The smallest absolute Gasteiger partial charge is 0.222 e. The summed E-state index contributed by atoms with van der Waals surface area (Å²) in [4.78, 5) is 24.6. The second-order valence-electron chi connectivity index (χ2n) is 12.6. The highest BCUT2D eigenvalue weighted by Gasteiger charge is 2.43. The molecule has 1 aromatic heterocycles. The Hall–Kier alpha value is -3.08. The first kappa shape index (κ1) is 38.4. The lowest BCUT2D eigenvalue weighted by Crippen LogP contribution is -2.51. The fourth-order valence-electron chi connectivity index (χ4n) is 7.06. The van der Waals surface area contributed by atoms with Gasteiger partial charge < -0.3 is 20.2 Å². The van der Waals surface area contributed by atoms with E-state index in [-0.39, 0.29) is 41.6 Å². The van der Waals surface area contributed by atoms with Crippen LogP contribution in [0, 0.1) is 11.6 Å². The Morgan fingerprint density at radius 3 is 2.15 bits per heavy atom. The summed E-state index contributed by atoms with van der Waals surface area (Å²) in [6.45, 7) is 3.63. The van der Waals surface area contributed by atoms with Gasteiger partial charge >= 0.3 is 0 Å². The van der Waals surface area contributed by atoms with Gasteiger partial charge in [0, 0.05) is 49.8 Å². The molecule has 0 aliphatic carbocycles. The fourth-order valence-corrected chi connectivity index (χ4v) is 7.92. The number of amides is 1. The highest BCUT2D eigenvalue weighted by Crippen LogP contribution is 2.44. The van der Waals surface area contributed by atoms with E-state index < -0.39 is 17.0 Å². The first-order valence-electron chi connectivity index (χ1n) is 15.5. The Labute approximate surface area is 292 Å². The minimum Gasteiger partial charge on any atom is -0.412 e. The molecule has 0 spiro atoms. The van der Waals surface area contributed by atoms with Crippen molar-refractivity contribution in [1.29, 1.82) is 0 Å². The number of hydrogen-bond donors (Lipinski definition) is 0. The number of nitrogens with zero attached hydrogens (tertiary/aromatic N) is 4. The summed E-state index contributed by atoms with van der Waals surface area (Å²) in [5.41, 5.74) is 3.67. The van der Waals surface area contributed by atoms with Crippen LogP contribution in [0.1, 0.15) is 54.5 Å². The van der Waals surface area contributed by atoms with E-state index in [1.54, 1.807) is 17.4 Å². The zero-order valence-corrected chi connectivity index (χ0v) is 29.3. The van der Waals surface area contributed by atoms with Crippen molar-refractivity contribution in [2.24, 2.45) is 0 Å². The van der Waals surface area contributed by atoms with Crippen LogP contribution in [0.4, 0.5) is 13.9 Å². The van der Waals surface area contributed by atoms with Crippen molar-refractivity contribution in [3.8, 4) is 0 Å². The molecule has 0 bridgehead atoms. The number of halogens is 4. The summed E-state index contributed by atoms with van der Waals surface area (Å²) < 4.78 is 28.6. The van der Waals surface area contributed by atoms with E-state index in [9.17, 15) is 13.6 Å². The molecule has 3 heterocycles. The average Bonchev–Trinajstić information content (AvgIpc) is 3.56. The Balaban J connectivity index is 0.00000200. The zero-order chi connectivity index (χ0) is 30.7. The van der Waals surface area contributed by atoms with E-state index in [4.69, 9.17) is 4.98 Å². The van der Waals surface area contributed by atoms with Crippen LogP contribution >= 0.6 is 36.2 Å². The molecule has 0 radical (unpaired) electrons. The summed E-state index contributed by atoms with van der Waals surface area (Å²) in [6, 6.07) is 25.0. The lowest BCUT2D eigenvalue weighted by atomic mass is 9.69. The van der Waals surface area contributed by atoms with Crippen molar-refractivity contribution in [3.63, 3.8) is 0 Å². The van der Waals surface area contributed by atoms with Gasteiger partial charge in [-0.15, -0.1) is 36.2 Å². The zero-order valence-electron chi connectivity index (χ0n) is 26.8. The number of piperidine rings is 2. The molecule has 6 rings (SSSR count). The molecule has 254 valence electrons. The molecule has 3 aromatic carbocycles. The molecule has 11 heteroatoms. The highest BCUT2D eigenvalue weighted by molar-refractivity contribution is 7.13. The number of carbonyl (C=O) groups is 1. The van der Waals surface area contributed by atoms with E-state index >= 15 is 0 Å². The van der Waals surface area contributed by atoms with Gasteiger partial charge in [0.2, 0.25) is 5.91 Å². The van der Waals surface area contributed by atoms with Crippen LogP contribution in [0.15, 0.2) is 84.2 Å². The molecule has 2 aliphatic heterocycles. The van der Waals surface area contributed by atoms with Crippen molar-refractivity contribution in [1.82, 2.24) is 14.8 Å². The van der Waals surface area contributed by atoms with Crippen LogP contribution in [0.5, 0.6) is 0 Å². The number of rotatable bonds is 9. The standard InChI is InChI=1S/C36H40F2N4OS.2ClH.H2O/c1-40(2)34-39-32(25-44-34)36(28-11-7-4-8-12-28)18-21-41(22-19-36)20-17-35(29-13-14-30(37)31(38)23-29)16-15-33(43)42(26-35)24-27-9-5-3-6-10-27;;;/h3-14,23,25H,15-22,24,26H2,1-2H3;2*1H;1H2. The summed E-state index contributed by atoms with van der Waals surface area (Å²) in [5, 5.41) is 3.23. The third-order valence-electron chi connectivity index (χ3n) is 9.72. The SMILES string of the molecule is CN(C)c1nc(C2(c3ccccc3)CCN(CCC3(c4ccc(F)c(F)c4)CCC(=O)N(Cc4ccccc4)C3)CC2)cs1.Cl.Cl.O. The molecular weight excluding hydrogens is 661 g/mol. The van der Waals surface area contributed by atoms with Gasteiger partial charge in [-0.3, -0.25) is 4.79 Å². The number of thiazole rings is 1. The second-order valence-corrected chi connectivity index (χ2v) is 13.4. The Morgan fingerprint density at radius 1 is 0.872 bits per heavy atom. The van der Waals surface area contributed by atoms with Gasteiger partial charge in [0.1, 0.15) is 0 Å². The van der Waals surface area contributed by atoms with Crippen LogP contribution in [0.3, 0.4) is 0 Å². The number of anilines is 1. The predicted molar refractivity (Wildman–Crippen MR) is 191 cm³/mol. The number of aromatic nitrogens is 1. The van der Waals surface area contributed by atoms with Gasteiger partial charge in [-0.2, -0.15) is 0 Å². The van der Waals surface area contributed by atoms with Crippen LogP contribution in [-0.2, 0) is 22.2 Å². The topological polar surface area (TPSA) is 71.2 Å². The largest absolute Gasteiger partial charge is 0.412 e. The third kappa shape index (κ3) is 8.15. The van der Waals surface area contributed by atoms with Crippen LogP contribution in [0.25, 0.3) is 0 Å². The van der Waals surface area contributed by atoms with Crippen molar-refractivity contribution in [2.75, 3.05) is 45.2 Å². The first-order valence-corrected chi connectivity index (χ1v) is 16.3. The van der Waals surface area contributed by atoms with Gasteiger partial charge in [0.15, 0.2) is 16.8 Å². The molecule has 4 aromatic rings. The Bertz CT molecular complexity index is 1590. The normalized spacial score (nSPS) is 19.2. The van der Waals surface area contributed by atoms with Gasteiger partial charge in [-0.05, 0) is 74.1 Å². The van der Waals surface area contributed by atoms with Crippen molar-refractivity contribution in [3.05, 3.63) is 118 Å². The fraction of sp³-hybridized carbons (Fsp3) is 0.389. The minimum atomic E-state index is -0.843. The van der Waals surface area contributed by atoms with Crippen molar-refractivity contribution < 1.29 is 19.1 Å². The van der Waals surface area contributed by atoms with Gasteiger partial charge in [0.05, 0.1) is 5.69 Å². The molecule has 2 N–H and O–H groups in total. The predicted octanol–water partition coefficient (Wildman–Crippen LogP) is 7.04. The highest BCUT2D eigenvalue weighted by atomic mass is 35.5. The van der Waals surface area contributed by atoms with Crippen molar-refractivity contribution >= 4 is 47.2 Å². The summed E-state index contributed by atoms with van der Waals surface area (Å²) in [6.07, 6.45) is 3.67. The average molecular weight is 706 g/mol.